The highest BCUT2D eigenvalue weighted by atomic mass is 16.5. The van der Waals surface area contributed by atoms with E-state index >= 15 is 0 Å². The molecule has 0 unspecified atom stereocenters. The van der Waals surface area contributed by atoms with E-state index < -0.39 is 65.1 Å². The Morgan fingerprint density at radius 2 is 1.04 bits per heavy atom. The molecular formula is C57H62N8O9. The summed E-state index contributed by atoms with van der Waals surface area (Å²) < 4.78 is 22.7. The molecule has 2 N–H and O–H groups in total. The number of nitrogens with two attached hydrogens (primary N) is 1. The predicted octanol–water partition coefficient (Wildman–Crippen LogP) is 8.05. The summed E-state index contributed by atoms with van der Waals surface area (Å²) in [6, 6.07) is 27.0. The molecule has 6 atom stereocenters. The van der Waals surface area contributed by atoms with E-state index in [1.54, 1.807) is 32.9 Å². The Morgan fingerprint density at radius 3 is 1.41 bits per heavy atom. The highest BCUT2D eigenvalue weighted by molar-refractivity contribution is 5.90. The number of ether oxygens (including phenoxy) is 4. The molecule has 74 heavy (non-hydrogen) atoms. The van der Waals surface area contributed by atoms with Crippen LogP contribution in [0.2, 0.25) is 0 Å². The fourth-order valence-electron chi connectivity index (χ4n) is 8.80. The standard InChI is InChI=1S/C29H30N4O5.C28H32N4O4/c1-6-18-10-9-11-19(14-18)24-26(32-22-13-8-7-12-21(22)31-24)38-20-15-23(28(36)37-5)33(16-20)27(35)25(30-17-34)29(2,3)4;1-6-17-10-9-11-18(14-17)23-25(31-21-13-8-7-12-20(21)30-23)36-19-15-22(27(34)35-5)32(16-19)26(33)24(29)28(2,3)4/h6-14,20,23,25H,1,15-16H2,2-5H3;6-14,19,22,24H,1,15-16,29H2,2-5H3/t20-,23+,25-;19-,22+,24-/m11/s1. The first-order chi connectivity index (χ1) is 35.3. The first-order valence-corrected chi connectivity index (χ1v) is 24.2. The quantitative estimate of drug-likeness (QED) is 0.0658. The van der Waals surface area contributed by atoms with Crippen molar-refractivity contribution in [2.24, 2.45) is 21.6 Å². The highest BCUT2D eigenvalue weighted by Crippen LogP contribution is 2.36. The Labute approximate surface area is 430 Å². The summed E-state index contributed by atoms with van der Waals surface area (Å²) in [4.78, 5) is 88.8. The van der Waals surface area contributed by atoms with Crippen molar-refractivity contribution in [3.8, 4) is 34.3 Å². The van der Waals surface area contributed by atoms with Crippen LogP contribution in [0.15, 0.2) is 115 Å². The number of hydrogen-bond acceptors (Lipinski definition) is 15. The van der Waals surface area contributed by atoms with E-state index in [1.807, 2.05) is 118 Å². The second kappa shape index (κ2) is 22.7. The maximum Gasteiger partial charge on any atom is 0.328 e. The minimum Gasteiger partial charge on any atom is -0.471 e. The molecule has 6 aromatic rings. The maximum atomic E-state index is 13.5. The summed E-state index contributed by atoms with van der Waals surface area (Å²) in [5.41, 5.74) is 12.5. The number of hydrogen-bond donors (Lipinski definition) is 1. The first kappa shape index (κ1) is 53.7. The van der Waals surface area contributed by atoms with E-state index in [1.165, 1.54) is 30.1 Å². The zero-order valence-electron chi connectivity index (χ0n) is 43.0. The summed E-state index contributed by atoms with van der Waals surface area (Å²) in [7, 11) is 2.58. The molecule has 4 aromatic carbocycles. The number of methoxy groups -OCH3 is 2. The Balaban J connectivity index is 0.000000217. The molecular weight excluding hydrogens is 941 g/mol. The van der Waals surface area contributed by atoms with Gasteiger partial charge in [0.15, 0.2) is 0 Å². The number of likely N-dealkylation sites (tertiary alicyclic amines) is 2. The molecule has 4 heterocycles. The molecule has 0 aliphatic carbocycles. The van der Waals surface area contributed by atoms with Gasteiger partial charge >= 0.3 is 11.9 Å². The molecule has 2 aliphatic heterocycles. The van der Waals surface area contributed by atoms with Gasteiger partial charge in [-0.15, -0.1) is 0 Å². The molecule has 2 saturated heterocycles. The van der Waals surface area contributed by atoms with Crippen molar-refractivity contribution in [3.05, 3.63) is 121 Å². The third-order valence-corrected chi connectivity index (χ3v) is 12.9. The van der Waals surface area contributed by atoms with Crippen LogP contribution in [0.1, 0.15) is 65.5 Å². The number of isocyanates is 1. The summed E-state index contributed by atoms with van der Waals surface area (Å²) in [5.74, 6) is -1.24. The largest absolute Gasteiger partial charge is 0.471 e. The van der Waals surface area contributed by atoms with Crippen molar-refractivity contribution in [3.63, 3.8) is 0 Å². The fourth-order valence-corrected chi connectivity index (χ4v) is 8.80. The average molecular weight is 1000 g/mol. The Bertz CT molecular complexity index is 3140. The fraction of sp³-hybridized carbons (Fsp3) is 0.351. The lowest BCUT2D eigenvalue weighted by Gasteiger charge is -2.32. The predicted molar refractivity (Wildman–Crippen MR) is 282 cm³/mol. The van der Waals surface area contributed by atoms with E-state index in [9.17, 15) is 24.0 Å². The van der Waals surface area contributed by atoms with Gasteiger partial charge in [-0.1, -0.05) is 128 Å². The number of esters is 2. The van der Waals surface area contributed by atoms with Gasteiger partial charge in [-0.2, -0.15) is 4.99 Å². The van der Waals surface area contributed by atoms with Crippen LogP contribution < -0.4 is 15.2 Å². The summed E-state index contributed by atoms with van der Waals surface area (Å²) in [6.07, 6.45) is 4.36. The number of carbonyl (C=O) groups is 4. The van der Waals surface area contributed by atoms with Crippen LogP contribution in [0.5, 0.6) is 11.8 Å². The Morgan fingerprint density at radius 1 is 0.635 bits per heavy atom. The van der Waals surface area contributed by atoms with Crippen molar-refractivity contribution < 1.29 is 42.9 Å². The third-order valence-electron chi connectivity index (χ3n) is 12.9. The molecule has 384 valence electrons. The minimum atomic E-state index is -1.01. The number of para-hydroxylation sites is 4. The lowest BCUT2D eigenvalue weighted by atomic mass is 9.86. The number of aromatic nitrogens is 4. The number of amides is 2. The van der Waals surface area contributed by atoms with Gasteiger partial charge in [0, 0.05) is 24.0 Å². The van der Waals surface area contributed by atoms with Crippen molar-refractivity contribution in [2.75, 3.05) is 27.3 Å². The summed E-state index contributed by atoms with van der Waals surface area (Å²) >= 11 is 0. The van der Waals surface area contributed by atoms with E-state index in [2.05, 4.69) is 18.2 Å². The monoisotopic (exact) mass is 1000 g/mol. The smallest absolute Gasteiger partial charge is 0.328 e. The maximum absolute atomic E-state index is 13.5. The third kappa shape index (κ3) is 12.0. The molecule has 2 fully saturated rings. The normalized spacial score (nSPS) is 18.3. The van der Waals surface area contributed by atoms with Crippen molar-refractivity contribution >= 4 is 64.1 Å². The van der Waals surface area contributed by atoms with E-state index in [0.717, 1.165) is 27.8 Å². The van der Waals surface area contributed by atoms with Gasteiger partial charge in [0.05, 0.1) is 55.4 Å². The van der Waals surface area contributed by atoms with E-state index in [-0.39, 0.29) is 37.7 Å². The second-order valence-corrected chi connectivity index (χ2v) is 20.2. The Kier molecular flexibility index (Phi) is 16.5. The van der Waals surface area contributed by atoms with Crippen LogP contribution in [0.4, 0.5) is 0 Å². The van der Waals surface area contributed by atoms with Gasteiger partial charge in [0.25, 0.3) is 0 Å². The number of rotatable bonds is 13. The van der Waals surface area contributed by atoms with Gasteiger partial charge in [0.1, 0.15) is 41.7 Å². The number of carbonyl (C=O) groups excluding carboxylic acids is 5. The van der Waals surface area contributed by atoms with Crippen LogP contribution in [0.3, 0.4) is 0 Å². The molecule has 17 nitrogen and oxygen atoms in total. The van der Waals surface area contributed by atoms with Crippen LogP contribution in [-0.4, -0.2) is 123 Å². The van der Waals surface area contributed by atoms with Crippen LogP contribution in [-0.2, 0) is 33.4 Å². The van der Waals surface area contributed by atoms with Crippen LogP contribution in [0, 0.1) is 10.8 Å². The highest BCUT2D eigenvalue weighted by Gasteiger charge is 2.47. The zero-order valence-corrected chi connectivity index (χ0v) is 43.0. The average Bonchev–Trinajstić information content (AvgIpc) is 4.03. The summed E-state index contributed by atoms with van der Waals surface area (Å²) in [6.45, 7) is 19.0. The number of aliphatic imine (C=N–C) groups is 1. The Hall–Kier alpha value is -8.14. The van der Waals surface area contributed by atoms with Crippen LogP contribution in [0.25, 0.3) is 56.7 Å². The molecule has 0 spiro atoms. The SMILES string of the molecule is C=Cc1cccc(-c2nc3ccccc3nc2O[C@@H]2C[C@@H](C(=O)OC)N(C(=O)[C@@H](N)C(C)(C)C)C2)c1.C=Cc1cccc(-c2nc3ccccc3nc2O[C@@H]2C[C@@H](C(=O)OC)N(C(=O)[C@@H](N=C=O)C(C)(C)C)C2)c1. The number of fused-ring (bicyclic) bond motifs is 2. The summed E-state index contributed by atoms with van der Waals surface area (Å²) in [5, 5.41) is 0. The molecule has 8 rings (SSSR count). The molecule has 2 amide bonds. The van der Waals surface area contributed by atoms with Crippen molar-refractivity contribution in [2.45, 2.75) is 90.8 Å². The second-order valence-electron chi connectivity index (χ2n) is 20.2. The topological polar surface area (TPSA) is 219 Å². The van der Waals surface area contributed by atoms with Crippen molar-refractivity contribution in [1.82, 2.24) is 29.7 Å². The van der Waals surface area contributed by atoms with Gasteiger partial charge < -0.3 is 34.5 Å². The zero-order chi connectivity index (χ0) is 53.5. The van der Waals surface area contributed by atoms with Gasteiger partial charge in [-0.25, -0.2) is 34.3 Å². The molecule has 0 bridgehead atoms. The van der Waals surface area contributed by atoms with Gasteiger partial charge in [-0.3, -0.25) is 9.59 Å². The minimum absolute atomic E-state index is 0.0835. The molecule has 2 aromatic heterocycles. The first-order valence-electron chi connectivity index (χ1n) is 24.2. The molecule has 2 aliphatic rings. The lowest BCUT2D eigenvalue weighted by Crippen LogP contribution is -2.53. The molecule has 0 radical (unpaired) electrons. The van der Waals surface area contributed by atoms with E-state index in [4.69, 9.17) is 44.6 Å². The van der Waals surface area contributed by atoms with Crippen LogP contribution >= 0.6 is 0 Å². The molecule has 17 heteroatoms. The molecule has 0 saturated carbocycles. The van der Waals surface area contributed by atoms with Gasteiger partial charge in [-0.05, 0) is 58.4 Å². The van der Waals surface area contributed by atoms with Crippen molar-refractivity contribution in [1.29, 1.82) is 0 Å². The van der Waals surface area contributed by atoms with E-state index in [0.29, 0.717) is 33.8 Å². The van der Waals surface area contributed by atoms with Gasteiger partial charge in [0.2, 0.25) is 29.7 Å². The number of nitrogens with zero attached hydrogens (tertiary/aromatic N) is 7. The number of benzene rings is 4. The lowest BCUT2D eigenvalue weighted by molar-refractivity contribution is -0.152.